The van der Waals surface area contributed by atoms with E-state index in [1.165, 1.54) is 11.3 Å². The number of rotatable bonds is 3. The first-order chi connectivity index (χ1) is 8.99. The van der Waals surface area contributed by atoms with E-state index < -0.39 is 5.97 Å². The van der Waals surface area contributed by atoms with Crippen LogP contribution in [0.1, 0.15) is 16.0 Å². The molecular formula is C14H10Cl2O2S. The Balaban J connectivity index is 2.58. The quantitative estimate of drug-likeness (QED) is 0.811. The van der Waals surface area contributed by atoms with Gasteiger partial charge in [0.25, 0.3) is 0 Å². The number of benzene rings is 1. The summed E-state index contributed by atoms with van der Waals surface area (Å²) in [6.45, 7) is 1.93. The normalized spacial score (nSPS) is 11.6. The molecular weight excluding hydrogens is 303 g/mol. The van der Waals surface area contributed by atoms with Crippen LogP contribution < -0.4 is 0 Å². The highest BCUT2D eigenvalue weighted by Crippen LogP contribution is 2.30. The number of hydrogen-bond donors (Lipinski definition) is 1. The Morgan fingerprint density at radius 2 is 2.05 bits per heavy atom. The molecule has 1 aromatic heterocycles. The van der Waals surface area contributed by atoms with Gasteiger partial charge >= 0.3 is 5.97 Å². The Morgan fingerprint density at radius 1 is 1.32 bits per heavy atom. The Kier molecular flexibility index (Phi) is 4.30. The summed E-state index contributed by atoms with van der Waals surface area (Å²) in [6.07, 6.45) is 1.62. The maximum absolute atomic E-state index is 11.4. The molecule has 0 aliphatic heterocycles. The second-order valence-corrected chi connectivity index (χ2v) is 5.75. The molecule has 0 atom stereocenters. The van der Waals surface area contributed by atoms with Gasteiger partial charge in [-0.3, -0.25) is 0 Å². The SMILES string of the molecule is Cc1ccsc1/C=C(\C(=O)O)c1cc(Cl)ccc1Cl. The lowest BCUT2D eigenvalue weighted by Crippen LogP contribution is -2.00. The number of aliphatic carboxylic acids is 1. The molecule has 0 saturated carbocycles. The maximum Gasteiger partial charge on any atom is 0.336 e. The highest BCUT2D eigenvalue weighted by atomic mass is 35.5. The zero-order chi connectivity index (χ0) is 14.0. The summed E-state index contributed by atoms with van der Waals surface area (Å²) in [5, 5.41) is 12.1. The van der Waals surface area contributed by atoms with E-state index in [-0.39, 0.29) is 5.57 Å². The molecule has 0 radical (unpaired) electrons. The van der Waals surface area contributed by atoms with Gasteiger partial charge in [0.05, 0.1) is 5.57 Å². The lowest BCUT2D eigenvalue weighted by atomic mass is 10.0. The summed E-state index contributed by atoms with van der Waals surface area (Å²) in [4.78, 5) is 12.3. The van der Waals surface area contributed by atoms with Crippen LogP contribution in [0.3, 0.4) is 0 Å². The van der Waals surface area contributed by atoms with Gasteiger partial charge in [0.1, 0.15) is 0 Å². The third-order valence-electron chi connectivity index (χ3n) is 2.63. The molecule has 0 amide bonds. The molecule has 0 fully saturated rings. The average molecular weight is 313 g/mol. The molecule has 0 unspecified atom stereocenters. The minimum atomic E-state index is -1.03. The van der Waals surface area contributed by atoms with Gasteiger partial charge in [0.15, 0.2) is 0 Å². The lowest BCUT2D eigenvalue weighted by Gasteiger charge is -2.06. The predicted molar refractivity (Wildman–Crippen MR) is 81.0 cm³/mol. The van der Waals surface area contributed by atoms with E-state index in [1.54, 1.807) is 24.3 Å². The van der Waals surface area contributed by atoms with Gasteiger partial charge < -0.3 is 5.11 Å². The van der Waals surface area contributed by atoms with Gasteiger partial charge in [-0.2, -0.15) is 0 Å². The van der Waals surface area contributed by atoms with Crippen molar-refractivity contribution in [2.45, 2.75) is 6.92 Å². The van der Waals surface area contributed by atoms with E-state index >= 15 is 0 Å². The van der Waals surface area contributed by atoms with Crippen molar-refractivity contribution in [3.8, 4) is 0 Å². The van der Waals surface area contributed by atoms with Gasteiger partial charge in [0, 0.05) is 20.5 Å². The number of carboxylic acids is 1. The smallest absolute Gasteiger partial charge is 0.336 e. The van der Waals surface area contributed by atoms with E-state index in [4.69, 9.17) is 23.2 Å². The maximum atomic E-state index is 11.4. The zero-order valence-corrected chi connectivity index (χ0v) is 12.3. The molecule has 0 saturated heterocycles. The Bertz CT molecular complexity index is 659. The first kappa shape index (κ1) is 14.1. The highest BCUT2D eigenvalue weighted by Gasteiger charge is 2.15. The van der Waals surface area contributed by atoms with E-state index in [0.717, 1.165) is 10.4 Å². The van der Waals surface area contributed by atoms with E-state index in [0.29, 0.717) is 15.6 Å². The van der Waals surface area contributed by atoms with Crippen LogP contribution in [0, 0.1) is 6.92 Å². The highest BCUT2D eigenvalue weighted by molar-refractivity contribution is 7.11. The fourth-order valence-corrected chi connectivity index (χ4v) is 2.87. The summed E-state index contributed by atoms with van der Waals surface area (Å²) >= 11 is 13.4. The Labute approximate surface area is 124 Å². The van der Waals surface area contributed by atoms with Crippen LogP contribution in [0.2, 0.25) is 10.0 Å². The summed E-state index contributed by atoms with van der Waals surface area (Å²) < 4.78 is 0. The number of hydrogen-bond acceptors (Lipinski definition) is 2. The second-order valence-electron chi connectivity index (χ2n) is 3.96. The Morgan fingerprint density at radius 3 is 2.63 bits per heavy atom. The van der Waals surface area contributed by atoms with E-state index in [9.17, 15) is 9.90 Å². The standard InChI is InChI=1S/C14H10Cl2O2S/c1-8-4-5-19-13(8)7-11(14(17)18)10-6-9(15)2-3-12(10)16/h2-7H,1H3,(H,17,18)/b11-7-. The first-order valence-corrected chi connectivity index (χ1v) is 7.07. The average Bonchev–Trinajstić information content (AvgIpc) is 2.75. The van der Waals surface area contributed by atoms with Crippen molar-refractivity contribution in [1.29, 1.82) is 0 Å². The fourth-order valence-electron chi connectivity index (χ4n) is 1.62. The van der Waals surface area contributed by atoms with Crippen LogP contribution in [-0.4, -0.2) is 11.1 Å². The number of carbonyl (C=O) groups is 1. The number of aryl methyl sites for hydroxylation is 1. The largest absolute Gasteiger partial charge is 0.478 e. The van der Waals surface area contributed by atoms with Crippen molar-refractivity contribution < 1.29 is 9.90 Å². The molecule has 1 aromatic carbocycles. The van der Waals surface area contributed by atoms with Crippen LogP contribution in [0.15, 0.2) is 29.6 Å². The minimum Gasteiger partial charge on any atom is -0.478 e. The van der Waals surface area contributed by atoms with Gasteiger partial charge in [-0.05, 0) is 48.2 Å². The predicted octanol–water partition coefficient (Wildman–Crippen LogP) is 4.99. The molecule has 0 spiro atoms. The molecule has 1 heterocycles. The number of halogens is 2. The summed E-state index contributed by atoms with van der Waals surface area (Å²) in [6, 6.07) is 6.73. The second kappa shape index (κ2) is 5.78. The van der Waals surface area contributed by atoms with Gasteiger partial charge in [-0.1, -0.05) is 23.2 Å². The third kappa shape index (κ3) is 3.18. The number of carboxylic acid groups (broad SMARTS) is 1. The van der Waals surface area contributed by atoms with Crippen molar-refractivity contribution in [3.05, 3.63) is 55.7 Å². The fraction of sp³-hybridized carbons (Fsp3) is 0.0714. The molecule has 2 nitrogen and oxygen atoms in total. The molecule has 19 heavy (non-hydrogen) atoms. The molecule has 0 bridgehead atoms. The van der Waals surface area contributed by atoms with Gasteiger partial charge in [-0.25, -0.2) is 4.79 Å². The van der Waals surface area contributed by atoms with Crippen LogP contribution in [0.4, 0.5) is 0 Å². The summed E-state index contributed by atoms with van der Waals surface area (Å²) in [5.41, 5.74) is 1.59. The van der Waals surface area contributed by atoms with Crippen LogP contribution in [-0.2, 0) is 4.79 Å². The molecule has 5 heteroatoms. The van der Waals surface area contributed by atoms with E-state index in [2.05, 4.69) is 0 Å². The topological polar surface area (TPSA) is 37.3 Å². The van der Waals surface area contributed by atoms with Gasteiger partial charge in [-0.15, -0.1) is 11.3 Å². The minimum absolute atomic E-state index is 0.137. The molecule has 2 aromatic rings. The lowest BCUT2D eigenvalue weighted by molar-refractivity contribution is -0.130. The van der Waals surface area contributed by atoms with Crippen molar-refractivity contribution >= 4 is 52.2 Å². The molecule has 0 aliphatic rings. The van der Waals surface area contributed by atoms with Crippen LogP contribution >= 0.6 is 34.5 Å². The molecule has 1 N–H and O–H groups in total. The van der Waals surface area contributed by atoms with Crippen molar-refractivity contribution in [2.75, 3.05) is 0 Å². The van der Waals surface area contributed by atoms with Crippen LogP contribution in [0.25, 0.3) is 11.6 Å². The molecule has 98 valence electrons. The van der Waals surface area contributed by atoms with Gasteiger partial charge in [0.2, 0.25) is 0 Å². The zero-order valence-electron chi connectivity index (χ0n) is 9.98. The molecule has 0 aliphatic carbocycles. The third-order valence-corrected chi connectivity index (χ3v) is 4.16. The van der Waals surface area contributed by atoms with Crippen molar-refractivity contribution in [1.82, 2.24) is 0 Å². The summed E-state index contributed by atoms with van der Waals surface area (Å²) in [5.74, 6) is -1.03. The molecule has 2 rings (SSSR count). The first-order valence-electron chi connectivity index (χ1n) is 5.43. The monoisotopic (exact) mass is 312 g/mol. The van der Waals surface area contributed by atoms with E-state index in [1.807, 2.05) is 18.4 Å². The van der Waals surface area contributed by atoms with Crippen molar-refractivity contribution in [2.24, 2.45) is 0 Å². The van der Waals surface area contributed by atoms with Crippen LogP contribution in [0.5, 0.6) is 0 Å². The van der Waals surface area contributed by atoms with Crippen molar-refractivity contribution in [3.63, 3.8) is 0 Å². The number of thiophene rings is 1. The summed E-state index contributed by atoms with van der Waals surface area (Å²) in [7, 11) is 0. The Hall–Kier alpha value is -1.29.